The Hall–Kier alpha value is -3.15. The lowest BCUT2D eigenvalue weighted by Gasteiger charge is -2.52. The van der Waals surface area contributed by atoms with Crippen LogP contribution < -0.4 is 10.6 Å². The number of benzene rings is 1. The maximum Gasteiger partial charge on any atom is 0.235 e. The van der Waals surface area contributed by atoms with E-state index >= 15 is 0 Å². The molecular formula is C28H36N4O7. The highest BCUT2D eigenvalue weighted by molar-refractivity contribution is 6.32. The lowest BCUT2D eigenvalue weighted by molar-refractivity contribution is -0.181. The Morgan fingerprint density at radius 1 is 1.13 bits per heavy atom. The second kappa shape index (κ2) is 9.21. The number of nitrogens with two attached hydrogens (primary N) is 1. The molecule has 1 aromatic carbocycles. The zero-order valence-electron chi connectivity index (χ0n) is 22.9. The smallest absolute Gasteiger partial charge is 0.235 e. The van der Waals surface area contributed by atoms with E-state index in [2.05, 4.69) is 4.90 Å². The van der Waals surface area contributed by atoms with Gasteiger partial charge in [-0.05, 0) is 76.5 Å². The molecule has 0 spiro atoms. The zero-order chi connectivity index (χ0) is 28.7. The number of likely N-dealkylation sites (N-methyl/N-ethyl adjacent to an activating group) is 1. The maximum absolute atomic E-state index is 14.0. The molecule has 1 heterocycles. The number of phenols is 1. The first-order valence-electron chi connectivity index (χ1n) is 13.3. The number of likely N-dealkylation sites (tertiary alicyclic amines) is 1. The van der Waals surface area contributed by atoms with Gasteiger partial charge in [-0.2, -0.15) is 0 Å². The van der Waals surface area contributed by atoms with Crippen molar-refractivity contribution in [3.8, 4) is 5.75 Å². The van der Waals surface area contributed by atoms with Crippen LogP contribution in [0.5, 0.6) is 5.75 Å². The van der Waals surface area contributed by atoms with Gasteiger partial charge in [0.15, 0.2) is 34.7 Å². The third kappa shape index (κ3) is 3.70. The van der Waals surface area contributed by atoms with Crippen LogP contribution in [0.3, 0.4) is 0 Å². The summed E-state index contributed by atoms with van der Waals surface area (Å²) in [5.74, 6) is -10.3. The summed E-state index contributed by atoms with van der Waals surface area (Å²) in [6, 6.07) is 0.535. The van der Waals surface area contributed by atoms with Gasteiger partial charge in [-0.1, -0.05) is 0 Å². The van der Waals surface area contributed by atoms with E-state index in [1.807, 2.05) is 26.0 Å². The third-order valence-electron chi connectivity index (χ3n) is 9.39. The number of carbonyl (C=O) groups excluding carboxylic acids is 5. The highest BCUT2D eigenvalue weighted by Crippen LogP contribution is 2.53. The molecular weight excluding hydrogens is 504 g/mol. The fraction of sp³-hybridized carbons (Fsp3) is 0.607. The van der Waals surface area contributed by atoms with Crippen LogP contribution in [0.2, 0.25) is 0 Å². The van der Waals surface area contributed by atoms with Gasteiger partial charge >= 0.3 is 0 Å². The molecule has 0 bridgehead atoms. The fourth-order valence-corrected chi connectivity index (χ4v) is 7.78. The van der Waals surface area contributed by atoms with Crippen LogP contribution in [0, 0.1) is 23.7 Å². The molecule has 4 aliphatic rings. The Kier molecular flexibility index (Phi) is 6.47. The highest BCUT2D eigenvalue weighted by Gasteiger charge is 2.69. The van der Waals surface area contributed by atoms with Gasteiger partial charge in [-0.25, -0.2) is 0 Å². The first-order valence-corrected chi connectivity index (χ1v) is 13.3. The van der Waals surface area contributed by atoms with Gasteiger partial charge in [0.2, 0.25) is 5.91 Å². The SMILES string of the molecule is CN(C)c1c(C2CCCN2C)cc(O)c2c1CC1CC3C(N(C)C)C(=O)C(C(N)=O)C(=O)C3(O)C(=O)C1C2=O. The van der Waals surface area contributed by atoms with Crippen LogP contribution in [0.15, 0.2) is 6.07 Å². The standard InChI is InChI=1S/C28H36N4O7/c1-30(2)21-13(16-7-6-8-32(16)5)11-17(33)19-14(21)9-12-10-15-22(31(3)4)24(35)20(27(29)38)26(37)28(15,39)25(36)18(12)23(19)34/h11-12,15-16,18,20,22,33,39H,6-10H2,1-5H3,(H2,29,38). The summed E-state index contributed by atoms with van der Waals surface area (Å²) in [6.45, 7) is 0.911. The van der Waals surface area contributed by atoms with E-state index in [0.717, 1.165) is 30.6 Å². The number of anilines is 1. The van der Waals surface area contributed by atoms with Crippen molar-refractivity contribution in [3.05, 3.63) is 22.8 Å². The molecule has 5 rings (SSSR count). The van der Waals surface area contributed by atoms with E-state index in [4.69, 9.17) is 5.73 Å². The summed E-state index contributed by atoms with van der Waals surface area (Å²) < 4.78 is 0. The predicted octanol–water partition coefficient (Wildman–Crippen LogP) is -0.300. The molecule has 2 saturated carbocycles. The maximum atomic E-state index is 14.0. The molecule has 39 heavy (non-hydrogen) atoms. The summed E-state index contributed by atoms with van der Waals surface area (Å²) in [6.07, 6.45) is 2.19. The average Bonchev–Trinajstić information content (AvgIpc) is 3.26. The van der Waals surface area contributed by atoms with Gasteiger partial charge in [0.25, 0.3) is 0 Å². The van der Waals surface area contributed by atoms with Crippen LogP contribution >= 0.6 is 0 Å². The molecule has 3 fully saturated rings. The molecule has 7 unspecified atom stereocenters. The molecule has 0 radical (unpaired) electrons. The summed E-state index contributed by atoms with van der Waals surface area (Å²) in [5, 5.41) is 22.8. The quantitative estimate of drug-likeness (QED) is 0.432. The third-order valence-corrected chi connectivity index (χ3v) is 9.39. The summed E-state index contributed by atoms with van der Waals surface area (Å²) in [4.78, 5) is 72.3. The molecule has 1 amide bonds. The van der Waals surface area contributed by atoms with Gasteiger partial charge in [0, 0.05) is 31.7 Å². The minimum Gasteiger partial charge on any atom is -0.507 e. The number of aliphatic hydroxyl groups is 1. The van der Waals surface area contributed by atoms with Gasteiger partial charge in [0.1, 0.15) is 5.75 Å². The van der Waals surface area contributed by atoms with Crippen molar-refractivity contribution in [3.63, 3.8) is 0 Å². The second-order valence-corrected chi connectivity index (χ2v) is 12.0. The molecule has 7 atom stereocenters. The number of aromatic hydroxyl groups is 1. The Balaban J connectivity index is 1.66. The summed E-state index contributed by atoms with van der Waals surface area (Å²) >= 11 is 0. The van der Waals surface area contributed by atoms with E-state index in [1.54, 1.807) is 20.2 Å². The van der Waals surface area contributed by atoms with Crippen molar-refractivity contribution < 1.29 is 34.2 Å². The van der Waals surface area contributed by atoms with Crippen LogP contribution in [0.1, 0.15) is 46.8 Å². The monoisotopic (exact) mass is 540 g/mol. The summed E-state index contributed by atoms with van der Waals surface area (Å²) in [5.41, 5.74) is 5.02. The normalized spacial score (nSPS) is 34.6. The molecule has 1 aliphatic heterocycles. The van der Waals surface area contributed by atoms with Gasteiger partial charge in [0.05, 0.1) is 17.5 Å². The van der Waals surface area contributed by atoms with Gasteiger partial charge < -0.3 is 20.8 Å². The molecule has 0 aromatic heterocycles. The lowest BCUT2D eigenvalue weighted by Crippen LogP contribution is -2.74. The average molecular weight is 541 g/mol. The predicted molar refractivity (Wildman–Crippen MR) is 140 cm³/mol. The number of phenolic OH excluding ortho intramolecular Hbond substituents is 1. The van der Waals surface area contributed by atoms with Crippen molar-refractivity contribution in [2.24, 2.45) is 29.4 Å². The molecule has 1 saturated heterocycles. The largest absolute Gasteiger partial charge is 0.507 e. The van der Waals surface area contributed by atoms with E-state index in [9.17, 15) is 34.2 Å². The van der Waals surface area contributed by atoms with E-state index in [0.29, 0.717) is 5.56 Å². The number of fused-ring (bicyclic) bond motifs is 3. The van der Waals surface area contributed by atoms with Crippen LogP contribution in [-0.2, 0) is 25.6 Å². The van der Waals surface area contributed by atoms with Crippen molar-refractivity contribution in [2.75, 3.05) is 46.7 Å². The van der Waals surface area contributed by atoms with Crippen LogP contribution in [-0.4, -0.2) is 102 Å². The Labute approximate surface area is 226 Å². The van der Waals surface area contributed by atoms with Crippen molar-refractivity contribution in [1.82, 2.24) is 9.80 Å². The number of hydrogen-bond donors (Lipinski definition) is 3. The Morgan fingerprint density at radius 2 is 1.79 bits per heavy atom. The molecule has 11 nitrogen and oxygen atoms in total. The number of ketones is 4. The number of rotatable bonds is 4. The van der Waals surface area contributed by atoms with Gasteiger partial charge in [-0.3, -0.25) is 33.8 Å². The Morgan fingerprint density at radius 3 is 2.33 bits per heavy atom. The molecule has 4 N–H and O–H groups in total. The number of hydrogen-bond acceptors (Lipinski definition) is 10. The Bertz CT molecular complexity index is 1310. The van der Waals surface area contributed by atoms with E-state index in [1.165, 1.54) is 4.90 Å². The lowest BCUT2D eigenvalue weighted by atomic mass is 9.52. The van der Waals surface area contributed by atoms with E-state index < -0.39 is 64.4 Å². The number of nitrogens with zero attached hydrogens (tertiary/aromatic N) is 3. The van der Waals surface area contributed by atoms with Crippen LogP contribution in [0.4, 0.5) is 5.69 Å². The molecule has 11 heteroatoms. The minimum atomic E-state index is -2.72. The zero-order valence-corrected chi connectivity index (χ0v) is 22.9. The van der Waals surface area contributed by atoms with E-state index in [-0.39, 0.29) is 30.2 Å². The van der Waals surface area contributed by atoms with Crippen LogP contribution in [0.25, 0.3) is 0 Å². The molecule has 210 valence electrons. The topological polar surface area (TPSA) is 162 Å². The number of Topliss-reactive ketones (excluding diaryl/α,β-unsaturated/α-hetero) is 4. The van der Waals surface area contributed by atoms with Gasteiger partial charge in [-0.15, -0.1) is 0 Å². The molecule has 3 aliphatic carbocycles. The number of carbonyl (C=O) groups is 5. The number of primary amides is 1. The first kappa shape index (κ1) is 27.4. The van der Waals surface area contributed by atoms with Crippen molar-refractivity contribution in [2.45, 2.75) is 43.4 Å². The summed E-state index contributed by atoms with van der Waals surface area (Å²) in [7, 11) is 8.91. The molecule has 1 aromatic rings. The van der Waals surface area contributed by atoms with Crippen molar-refractivity contribution in [1.29, 1.82) is 0 Å². The van der Waals surface area contributed by atoms with Crippen molar-refractivity contribution >= 4 is 34.7 Å². The second-order valence-electron chi connectivity index (χ2n) is 12.0. The number of amides is 1. The first-order chi connectivity index (χ1) is 18.2. The fourth-order valence-electron chi connectivity index (χ4n) is 7.78. The minimum absolute atomic E-state index is 0.0229. The highest BCUT2D eigenvalue weighted by atomic mass is 16.3.